The zero-order valence-corrected chi connectivity index (χ0v) is 13.5. The predicted molar refractivity (Wildman–Crippen MR) is 83.0 cm³/mol. The highest BCUT2D eigenvalue weighted by molar-refractivity contribution is 6.31. The molecule has 0 saturated heterocycles. The molecule has 0 spiro atoms. The van der Waals surface area contributed by atoms with Gasteiger partial charge in [0.25, 0.3) is 0 Å². The molecule has 2 N–H and O–H groups in total. The SMILES string of the molecule is COc1cc(Cl)c(C2(N)CCCC2)c(C(C)C)c1OC. The first-order valence-electron chi connectivity index (χ1n) is 7.18. The third-order valence-corrected chi connectivity index (χ3v) is 4.53. The van der Waals surface area contributed by atoms with E-state index in [1.54, 1.807) is 14.2 Å². The number of halogens is 1. The molecule has 1 aromatic rings. The van der Waals surface area contributed by atoms with Gasteiger partial charge in [0.1, 0.15) is 0 Å². The summed E-state index contributed by atoms with van der Waals surface area (Å²) in [6.45, 7) is 4.27. The molecule has 0 unspecified atom stereocenters. The first-order chi connectivity index (χ1) is 9.44. The summed E-state index contributed by atoms with van der Waals surface area (Å²) >= 11 is 6.54. The fourth-order valence-corrected chi connectivity index (χ4v) is 3.69. The molecule has 1 aliphatic carbocycles. The van der Waals surface area contributed by atoms with E-state index in [1.165, 1.54) is 0 Å². The zero-order valence-electron chi connectivity index (χ0n) is 12.8. The van der Waals surface area contributed by atoms with Gasteiger partial charge < -0.3 is 15.2 Å². The Bertz CT molecular complexity index is 494. The van der Waals surface area contributed by atoms with Gasteiger partial charge in [-0.05, 0) is 24.3 Å². The van der Waals surface area contributed by atoms with E-state index in [1.807, 2.05) is 6.07 Å². The van der Waals surface area contributed by atoms with Gasteiger partial charge >= 0.3 is 0 Å². The molecule has 0 aliphatic heterocycles. The van der Waals surface area contributed by atoms with Crippen LogP contribution in [0.15, 0.2) is 6.07 Å². The van der Waals surface area contributed by atoms with Gasteiger partial charge in [0.2, 0.25) is 0 Å². The summed E-state index contributed by atoms with van der Waals surface area (Å²) in [5, 5.41) is 0.691. The minimum Gasteiger partial charge on any atom is -0.493 e. The minimum atomic E-state index is -0.337. The van der Waals surface area contributed by atoms with E-state index in [-0.39, 0.29) is 11.5 Å². The molecular formula is C16H24ClNO2. The molecule has 20 heavy (non-hydrogen) atoms. The summed E-state index contributed by atoms with van der Waals surface area (Å²) in [5.74, 6) is 1.71. The Labute approximate surface area is 126 Å². The van der Waals surface area contributed by atoms with Crippen LogP contribution in [0.4, 0.5) is 0 Å². The van der Waals surface area contributed by atoms with Crippen LogP contribution in [0.2, 0.25) is 5.02 Å². The summed E-state index contributed by atoms with van der Waals surface area (Å²) in [6.07, 6.45) is 4.25. The number of hydrogen-bond donors (Lipinski definition) is 1. The van der Waals surface area contributed by atoms with E-state index in [9.17, 15) is 0 Å². The molecule has 1 aromatic carbocycles. The van der Waals surface area contributed by atoms with Crippen molar-refractivity contribution in [3.8, 4) is 11.5 Å². The van der Waals surface area contributed by atoms with Gasteiger partial charge in [-0.25, -0.2) is 0 Å². The van der Waals surface area contributed by atoms with E-state index in [0.29, 0.717) is 10.8 Å². The number of hydrogen-bond acceptors (Lipinski definition) is 3. The highest BCUT2D eigenvalue weighted by Crippen LogP contribution is 2.49. The second-order valence-electron chi connectivity index (χ2n) is 5.90. The number of benzene rings is 1. The molecule has 3 nitrogen and oxygen atoms in total. The largest absolute Gasteiger partial charge is 0.493 e. The van der Waals surface area contributed by atoms with Crippen LogP contribution in [-0.4, -0.2) is 14.2 Å². The van der Waals surface area contributed by atoms with E-state index in [0.717, 1.165) is 42.6 Å². The normalized spacial score (nSPS) is 17.6. The highest BCUT2D eigenvalue weighted by Gasteiger charge is 2.37. The minimum absolute atomic E-state index is 0.272. The Balaban J connectivity index is 2.72. The van der Waals surface area contributed by atoms with Gasteiger partial charge in [-0.2, -0.15) is 0 Å². The molecule has 0 heterocycles. The average molecular weight is 298 g/mol. The van der Waals surface area contributed by atoms with Crippen LogP contribution in [0.3, 0.4) is 0 Å². The molecule has 1 fully saturated rings. The lowest BCUT2D eigenvalue weighted by Gasteiger charge is -2.31. The van der Waals surface area contributed by atoms with E-state index in [2.05, 4.69) is 13.8 Å². The molecule has 0 amide bonds. The number of methoxy groups -OCH3 is 2. The smallest absolute Gasteiger partial charge is 0.164 e. The van der Waals surface area contributed by atoms with Gasteiger partial charge in [0.15, 0.2) is 11.5 Å². The fraction of sp³-hybridized carbons (Fsp3) is 0.625. The van der Waals surface area contributed by atoms with Crippen molar-refractivity contribution >= 4 is 11.6 Å². The van der Waals surface area contributed by atoms with Crippen molar-refractivity contribution < 1.29 is 9.47 Å². The Morgan fingerprint density at radius 3 is 2.25 bits per heavy atom. The summed E-state index contributed by atoms with van der Waals surface area (Å²) in [6, 6.07) is 1.83. The van der Waals surface area contributed by atoms with Crippen LogP contribution in [0.1, 0.15) is 56.6 Å². The fourth-order valence-electron chi connectivity index (χ4n) is 3.30. The van der Waals surface area contributed by atoms with Crippen LogP contribution in [0.25, 0.3) is 0 Å². The van der Waals surface area contributed by atoms with Crippen molar-refractivity contribution in [2.45, 2.75) is 51.0 Å². The summed E-state index contributed by atoms with van der Waals surface area (Å²) in [7, 11) is 3.30. The molecule has 112 valence electrons. The summed E-state index contributed by atoms with van der Waals surface area (Å²) in [4.78, 5) is 0. The maximum Gasteiger partial charge on any atom is 0.164 e. The quantitative estimate of drug-likeness (QED) is 0.905. The van der Waals surface area contributed by atoms with Crippen molar-refractivity contribution in [1.82, 2.24) is 0 Å². The van der Waals surface area contributed by atoms with Crippen molar-refractivity contribution in [3.05, 3.63) is 22.2 Å². The average Bonchev–Trinajstić information content (AvgIpc) is 2.84. The molecule has 0 atom stereocenters. The molecular weight excluding hydrogens is 274 g/mol. The van der Waals surface area contributed by atoms with Gasteiger partial charge in [0, 0.05) is 22.2 Å². The maximum absolute atomic E-state index is 6.65. The van der Waals surface area contributed by atoms with Crippen LogP contribution in [0, 0.1) is 0 Å². The summed E-state index contributed by atoms with van der Waals surface area (Å²) in [5.41, 5.74) is 8.45. The maximum atomic E-state index is 6.65. The first-order valence-corrected chi connectivity index (χ1v) is 7.56. The van der Waals surface area contributed by atoms with E-state index in [4.69, 9.17) is 26.8 Å². The Kier molecular flexibility index (Phi) is 4.50. The van der Waals surface area contributed by atoms with Crippen molar-refractivity contribution in [1.29, 1.82) is 0 Å². The number of rotatable bonds is 4. The Hall–Kier alpha value is -0.930. The molecule has 4 heteroatoms. The predicted octanol–water partition coefficient (Wildman–Crippen LogP) is 4.21. The van der Waals surface area contributed by atoms with Crippen LogP contribution >= 0.6 is 11.6 Å². The number of nitrogens with two attached hydrogens (primary N) is 1. The summed E-state index contributed by atoms with van der Waals surface area (Å²) < 4.78 is 11.0. The molecule has 0 aromatic heterocycles. The Morgan fingerprint density at radius 1 is 1.20 bits per heavy atom. The lowest BCUT2D eigenvalue weighted by atomic mass is 9.81. The van der Waals surface area contributed by atoms with E-state index < -0.39 is 0 Å². The van der Waals surface area contributed by atoms with Gasteiger partial charge in [-0.1, -0.05) is 38.3 Å². The van der Waals surface area contributed by atoms with Crippen molar-refractivity contribution in [2.24, 2.45) is 5.73 Å². The highest BCUT2D eigenvalue weighted by atomic mass is 35.5. The van der Waals surface area contributed by atoms with Crippen molar-refractivity contribution in [3.63, 3.8) is 0 Å². The lowest BCUT2D eigenvalue weighted by Crippen LogP contribution is -2.35. The van der Waals surface area contributed by atoms with Gasteiger partial charge in [-0.3, -0.25) is 0 Å². The third kappa shape index (κ3) is 2.49. The topological polar surface area (TPSA) is 44.5 Å². The monoisotopic (exact) mass is 297 g/mol. The molecule has 1 saturated carbocycles. The van der Waals surface area contributed by atoms with E-state index >= 15 is 0 Å². The number of ether oxygens (including phenoxy) is 2. The van der Waals surface area contributed by atoms with Crippen LogP contribution < -0.4 is 15.2 Å². The third-order valence-electron chi connectivity index (χ3n) is 4.23. The molecule has 0 radical (unpaired) electrons. The molecule has 2 rings (SSSR count). The van der Waals surface area contributed by atoms with Gasteiger partial charge in [0.05, 0.1) is 14.2 Å². The second-order valence-corrected chi connectivity index (χ2v) is 6.31. The van der Waals surface area contributed by atoms with Crippen molar-refractivity contribution in [2.75, 3.05) is 14.2 Å². The second kappa shape index (κ2) is 5.82. The van der Waals surface area contributed by atoms with Crippen LogP contribution in [-0.2, 0) is 5.54 Å². The zero-order chi connectivity index (χ0) is 14.9. The lowest BCUT2D eigenvalue weighted by molar-refractivity contribution is 0.346. The molecule has 1 aliphatic rings. The molecule has 0 bridgehead atoms. The standard InChI is InChI=1S/C16H24ClNO2/c1-10(2)13-14(16(18)7-5-6-8-16)11(17)9-12(19-3)15(13)20-4/h9-10H,5-8,18H2,1-4H3. The first kappa shape index (κ1) is 15.5. The van der Waals surface area contributed by atoms with Crippen LogP contribution in [0.5, 0.6) is 11.5 Å². The Morgan fingerprint density at radius 2 is 1.80 bits per heavy atom. The van der Waals surface area contributed by atoms with Gasteiger partial charge in [-0.15, -0.1) is 0 Å².